The van der Waals surface area contributed by atoms with E-state index in [0.717, 1.165) is 10.0 Å². The Morgan fingerprint density at radius 3 is 2.32 bits per heavy atom. The maximum Gasteiger partial charge on any atom is 0.337 e. The summed E-state index contributed by atoms with van der Waals surface area (Å²) in [7, 11) is 1.29. The zero-order valence-electron chi connectivity index (χ0n) is 15.5. The van der Waals surface area contributed by atoms with E-state index in [2.05, 4.69) is 15.9 Å². The number of aliphatic hydroxyl groups excluding tert-OH is 1. The molecule has 0 bridgehead atoms. The van der Waals surface area contributed by atoms with Crippen LogP contribution in [0, 0.1) is 6.92 Å². The van der Waals surface area contributed by atoms with E-state index in [4.69, 9.17) is 4.74 Å². The highest BCUT2D eigenvalue weighted by Crippen LogP contribution is 2.41. The van der Waals surface area contributed by atoms with Gasteiger partial charge in [0.25, 0.3) is 5.91 Å². The zero-order chi connectivity index (χ0) is 20.6. The van der Waals surface area contributed by atoms with E-state index < -0.39 is 29.5 Å². The molecule has 0 saturated carbocycles. The second-order valence-electron chi connectivity index (χ2n) is 6.44. The summed E-state index contributed by atoms with van der Waals surface area (Å²) in [5.74, 6) is -2.10. The van der Waals surface area contributed by atoms with Crippen LogP contribution in [0.15, 0.2) is 58.3 Å². The summed E-state index contributed by atoms with van der Waals surface area (Å²) in [5, 5.41) is 10.4. The lowest BCUT2D eigenvalue weighted by Crippen LogP contribution is -2.30. The van der Waals surface area contributed by atoms with Gasteiger partial charge in [-0.25, -0.2) is 4.79 Å². The first-order valence-electron chi connectivity index (χ1n) is 8.48. The van der Waals surface area contributed by atoms with Crippen LogP contribution in [0.4, 0.5) is 5.69 Å². The molecule has 2 aromatic carbocycles. The molecule has 144 valence electrons. The third-order valence-electron chi connectivity index (χ3n) is 4.67. The molecular weight excluding hydrogens is 426 g/mol. The van der Waals surface area contributed by atoms with Crippen molar-refractivity contribution in [3.8, 4) is 0 Å². The molecule has 0 fully saturated rings. The molecule has 6 nitrogen and oxygen atoms in total. The second-order valence-corrected chi connectivity index (χ2v) is 7.30. The van der Waals surface area contributed by atoms with Crippen molar-refractivity contribution in [3.63, 3.8) is 0 Å². The van der Waals surface area contributed by atoms with Gasteiger partial charge in [0.05, 0.1) is 24.3 Å². The van der Waals surface area contributed by atoms with Crippen LogP contribution in [0.25, 0.3) is 0 Å². The predicted octanol–water partition coefficient (Wildman–Crippen LogP) is 4.03. The van der Waals surface area contributed by atoms with Crippen LogP contribution in [0.5, 0.6) is 0 Å². The fraction of sp³-hybridized carbons (Fsp3) is 0.190. The molecule has 1 heterocycles. The number of esters is 1. The molecular formula is C21H18BrNO5. The van der Waals surface area contributed by atoms with Gasteiger partial charge < -0.3 is 9.84 Å². The molecule has 1 N–H and O–H groups in total. The van der Waals surface area contributed by atoms with Crippen molar-refractivity contribution in [2.75, 3.05) is 12.0 Å². The van der Waals surface area contributed by atoms with Gasteiger partial charge in [-0.15, -0.1) is 0 Å². The number of Topliss-reactive ketones (excluding diaryl/α,β-unsaturated/α-hetero) is 1. The van der Waals surface area contributed by atoms with Gasteiger partial charge in [-0.1, -0.05) is 34.1 Å². The number of ether oxygens (including phenoxy) is 1. The number of aryl methyl sites for hydroxylation is 1. The van der Waals surface area contributed by atoms with Gasteiger partial charge in [-0.05, 0) is 49.2 Å². The van der Waals surface area contributed by atoms with E-state index >= 15 is 0 Å². The lowest BCUT2D eigenvalue weighted by molar-refractivity contribution is -0.117. The Morgan fingerprint density at radius 2 is 1.79 bits per heavy atom. The summed E-state index contributed by atoms with van der Waals surface area (Å²) in [6.45, 7) is 3.22. The van der Waals surface area contributed by atoms with Gasteiger partial charge in [-0.2, -0.15) is 0 Å². The SMILES string of the molecule is COC(=O)c1ccc([C@H]2C(C(C)=O)=C(O)C(=O)N2c2ccc(C)c(Br)c2)cc1. The first-order chi connectivity index (χ1) is 13.3. The fourth-order valence-electron chi connectivity index (χ4n) is 3.20. The summed E-state index contributed by atoms with van der Waals surface area (Å²) in [5.41, 5.74) is 2.47. The van der Waals surface area contributed by atoms with E-state index in [0.29, 0.717) is 16.8 Å². The maximum absolute atomic E-state index is 12.8. The number of anilines is 1. The number of methoxy groups -OCH3 is 1. The minimum Gasteiger partial charge on any atom is -0.503 e. The lowest BCUT2D eigenvalue weighted by atomic mass is 9.95. The van der Waals surface area contributed by atoms with Crippen molar-refractivity contribution in [1.82, 2.24) is 0 Å². The third-order valence-corrected chi connectivity index (χ3v) is 5.52. The van der Waals surface area contributed by atoms with Crippen LogP contribution in [-0.2, 0) is 14.3 Å². The Labute approximate surface area is 170 Å². The number of hydrogen-bond donors (Lipinski definition) is 1. The van der Waals surface area contributed by atoms with E-state index in [-0.39, 0.29) is 5.57 Å². The Balaban J connectivity index is 2.13. The Morgan fingerprint density at radius 1 is 1.14 bits per heavy atom. The van der Waals surface area contributed by atoms with E-state index in [1.807, 2.05) is 13.0 Å². The molecule has 1 aliphatic heterocycles. The van der Waals surface area contributed by atoms with Crippen molar-refractivity contribution in [3.05, 3.63) is 75.0 Å². The van der Waals surface area contributed by atoms with Crippen molar-refractivity contribution in [2.24, 2.45) is 0 Å². The summed E-state index contributed by atoms with van der Waals surface area (Å²) < 4.78 is 5.50. The van der Waals surface area contributed by atoms with Crippen molar-refractivity contribution < 1.29 is 24.2 Å². The zero-order valence-corrected chi connectivity index (χ0v) is 17.1. The number of halogens is 1. The van der Waals surface area contributed by atoms with Crippen molar-refractivity contribution in [2.45, 2.75) is 19.9 Å². The molecule has 0 unspecified atom stereocenters. The number of ketones is 1. The van der Waals surface area contributed by atoms with Gasteiger partial charge in [0.1, 0.15) is 0 Å². The number of hydrogen-bond acceptors (Lipinski definition) is 5. The van der Waals surface area contributed by atoms with Crippen molar-refractivity contribution >= 4 is 39.3 Å². The van der Waals surface area contributed by atoms with Crippen LogP contribution in [0.2, 0.25) is 0 Å². The average Bonchev–Trinajstić information content (AvgIpc) is 2.95. The molecule has 7 heteroatoms. The number of benzene rings is 2. The molecule has 0 spiro atoms. The Bertz CT molecular complexity index is 1010. The van der Waals surface area contributed by atoms with Crippen LogP contribution < -0.4 is 4.90 Å². The minimum atomic E-state index is -0.800. The van der Waals surface area contributed by atoms with Crippen LogP contribution in [0.1, 0.15) is 34.5 Å². The van der Waals surface area contributed by atoms with Gasteiger partial charge in [0.15, 0.2) is 11.5 Å². The number of aliphatic hydroxyl groups is 1. The Kier molecular flexibility index (Phi) is 5.38. The van der Waals surface area contributed by atoms with E-state index in [1.54, 1.807) is 36.4 Å². The second kappa shape index (κ2) is 7.59. The number of carbonyl (C=O) groups excluding carboxylic acids is 3. The molecule has 0 radical (unpaired) electrons. The van der Waals surface area contributed by atoms with Crippen molar-refractivity contribution in [1.29, 1.82) is 0 Å². The molecule has 2 aromatic rings. The standard InChI is InChI=1S/C21H18BrNO5/c1-11-4-9-15(10-16(11)22)23-18(17(12(2)24)19(25)20(23)26)13-5-7-14(8-6-13)21(27)28-3/h4-10,18,25H,1-3H3/t18-/m0/s1. The smallest absolute Gasteiger partial charge is 0.337 e. The highest BCUT2D eigenvalue weighted by molar-refractivity contribution is 9.10. The quantitative estimate of drug-likeness (QED) is 0.720. The number of carbonyl (C=O) groups is 3. The third kappa shape index (κ3) is 3.33. The highest BCUT2D eigenvalue weighted by atomic mass is 79.9. The van der Waals surface area contributed by atoms with Gasteiger partial charge in [0.2, 0.25) is 0 Å². The molecule has 28 heavy (non-hydrogen) atoms. The largest absolute Gasteiger partial charge is 0.503 e. The minimum absolute atomic E-state index is 0.0208. The molecule has 0 aromatic heterocycles. The predicted molar refractivity (Wildman–Crippen MR) is 107 cm³/mol. The highest BCUT2D eigenvalue weighted by Gasteiger charge is 2.43. The first kappa shape index (κ1) is 19.8. The molecule has 1 atom stereocenters. The first-order valence-corrected chi connectivity index (χ1v) is 9.27. The van der Waals surface area contributed by atoms with Crippen LogP contribution in [-0.4, -0.2) is 29.9 Å². The van der Waals surface area contributed by atoms with E-state index in [9.17, 15) is 19.5 Å². The molecule has 0 saturated heterocycles. The molecule has 1 amide bonds. The lowest BCUT2D eigenvalue weighted by Gasteiger charge is -2.27. The Hall–Kier alpha value is -2.93. The summed E-state index contributed by atoms with van der Waals surface area (Å²) >= 11 is 3.45. The molecule has 1 aliphatic rings. The monoisotopic (exact) mass is 443 g/mol. The van der Waals surface area contributed by atoms with Gasteiger partial charge >= 0.3 is 5.97 Å². The number of rotatable bonds is 4. The normalized spacial score (nSPS) is 16.5. The van der Waals surface area contributed by atoms with Crippen LogP contribution >= 0.6 is 15.9 Å². The van der Waals surface area contributed by atoms with Crippen LogP contribution in [0.3, 0.4) is 0 Å². The fourth-order valence-corrected chi connectivity index (χ4v) is 3.56. The number of amides is 1. The number of nitrogens with zero attached hydrogens (tertiary/aromatic N) is 1. The summed E-state index contributed by atoms with van der Waals surface area (Å²) in [6, 6.07) is 11.0. The van der Waals surface area contributed by atoms with Gasteiger partial charge in [0, 0.05) is 10.2 Å². The maximum atomic E-state index is 12.8. The van der Waals surface area contributed by atoms with E-state index in [1.165, 1.54) is 18.9 Å². The summed E-state index contributed by atoms with van der Waals surface area (Å²) in [4.78, 5) is 38.1. The van der Waals surface area contributed by atoms with Gasteiger partial charge in [-0.3, -0.25) is 14.5 Å². The average molecular weight is 444 g/mol. The summed E-state index contributed by atoms with van der Waals surface area (Å²) in [6.07, 6.45) is 0. The molecule has 3 rings (SSSR count). The topological polar surface area (TPSA) is 83.9 Å². The molecule has 0 aliphatic carbocycles.